The lowest BCUT2D eigenvalue weighted by Crippen LogP contribution is -2.32. The van der Waals surface area contributed by atoms with Crippen LogP contribution < -0.4 is 11.1 Å². The zero-order chi connectivity index (χ0) is 18.4. The van der Waals surface area contributed by atoms with Crippen molar-refractivity contribution >= 4 is 57.0 Å². The first kappa shape index (κ1) is 19.5. The summed E-state index contributed by atoms with van der Waals surface area (Å²) in [5, 5.41) is 3.79. The van der Waals surface area contributed by atoms with Crippen LogP contribution in [0.3, 0.4) is 0 Å². The normalized spacial score (nSPS) is 16.6. The first-order valence-corrected chi connectivity index (χ1v) is 9.84. The van der Waals surface area contributed by atoms with Crippen LogP contribution in [-0.2, 0) is 9.53 Å². The Kier molecular flexibility index (Phi) is 7.06. The van der Waals surface area contributed by atoms with Crippen LogP contribution >= 0.6 is 34.4 Å². The fraction of sp³-hybridized carbons (Fsp3) is 0.235. The van der Waals surface area contributed by atoms with Crippen molar-refractivity contribution in [3.8, 4) is 0 Å². The van der Waals surface area contributed by atoms with Crippen molar-refractivity contribution in [1.82, 2.24) is 5.32 Å². The van der Waals surface area contributed by atoms with E-state index < -0.39 is 5.97 Å². The molecule has 0 radical (unpaired) electrons. The van der Waals surface area contributed by atoms with Gasteiger partial charge in [0.1, 0.15) is 11.4 Å². The number of ether oxygens (including phenoxy) is 1. The molecule has 0 amide bonds. The van der Waals surface area contributed by atoms with E-state index in [4.69, 9.17) is 10.5 Å². The van der Waals surface area contributed by atoms with E-state index in [1.807, 2.05) is 37.4 Å². The largest absolute Gasteiger partial charge is 0.462 e. The fourth-order valence-electron chi connectivity index (χ4n) is 2.02. The Morgan fingerprint density at radius 1 is 1.40 bits per heavy atom. The van der Waals surface area contributed by atoms with Gasteiger partial charge in [-0.3, -0.25) is 0 Å². The van der Waals surface area contributed by atoms with Crippen LogP contribution in [-0.4, -0.2) is 29.8 Å². The third kappa shape index (κ3) is 5.08. The summed E-state index contributed by atoms with van der Waals surface area (Å²) < 4.78 is 5.93. The molecule has 1 heterocycles. The number of aliphatic imine (C=N–C) groups is 2. The number of halogens is 1. The molecule has 0 atom stereocenters. The summed E-state index contributed by atoms with van der Waals surface area (Å²) in [4.78, 5) is 21.1. The smallest absolute Gasteiger partial charge is 0.344 e. The van der Waals surface area contributed by atoms with E-state index in [1.54, 1.807) is 13.1 Å². The average molecular weight is 470 g/mol. The van der Waals surface area contributed by atoms with Gasteiger partial charge in [0.05, 0.1) is 21.6 Å². The lowest BCUT2D eigenvalue weighted by atomic mass is 10.1. The quantitative estimate of drug-likeness (QED) is 0.232. The molecule has 1 aromatic rings. The van der Waals surface area contributed by atoms with Gasteiger partial charge < -0.3 is 15.8 Å². The maximum absolute atomic E-state index is 12.5. The second-order valence-electron chi connectivity index (χ2n) is 5.04. The highest BCUT2D eigenvalue weighted by molar-refractivity contribution is 14.1. The van der Waals surface area contributed by atoms with Crippen molar-refractivity contribution in [1.29, 1.82) is 0 Å². The van der Waals surface area contributed by atoms with E-state index >= 15 is 0 Å². The first-order chi connectivity index (χ1) is 12.0. The van der Waals surface area contributed by atoms with Crippen molar-refractivity contribution in [2.45, 2.75) is 13.8 Å². The minimum absolute atomic E-state index is 0.0923. The molecule has 0 spiro atoms. The maximum Gasteiger partial charge on any atom is 0.344 e. The van der Waals surface area contributed by atoms with E-state index in [9.17, 15) is 4.79 Å². The number of carbonyl (C=O) groups is 1. The molecule has 1 aliphatic rings. The number of benzene rings is 1. The molecule has 0 bridgehead atoms. The molecule has 8 heteroatoms. The maximum atomic E-state index is 12.5. The van der Waals surface area contributed by atoms with Gasteiger partial charge in [0, 0.05) is 6.20 Å². The van der Waals surface area contributed by atoms with Crippen LogP contribution in [0.2, 0.25) is 0 Å². The second-order valence-corrected chi connectivity index (χ2v) is 7.00. The Hall–Kier alpha value is -1.81. The molecule has 0 aliphatic carbocycles. The number of esters is 1. The van der Waals surface area contributed by atoms with Crippen LogP contribution in [0.5, 0.6) is 0 Å². The summed E-state index contributed by atoms with van der Waals surface area (Å²) in [6.07, 6.45) is 3.57. The van der Waals surface area contributed by atoms with Gasteiger partial charge in [-0.2, -0.15) is 0 Å². The highest BCUT2D eigenvalue weighted by Crippen LogP contribution is 2.25. The Bertz CT molecular complexity index is 782. The molecule has 132 valence electrons. The molecule has 3 N–H and O–H groups in total. The number of nitrogens with two attached hydrogens (primary N) is 1. The standard InChI is InChI=1S/C17H19IN4O2S/c1-4-24-16(23)13(14-12(18)9-20-17(22-14)25-3)15(19)21-11-7-5-10(2)6-8-11/h5-9H,4H2,1-3H3,(H2,19,21)(H,20,22)/b14-13-. The van der Waals surface area contributed by atoms with Crippen molar-refractivity contribution in [2.75, 3.05) is 12.9 Å². The SMILES string of the molecule is CCOC(=O)/C(C(N)=Nc1ccc(C)cc1)=C1\NC(SC)=NC=C1I. The molecule has 1 aromatic carbocycles. The third-order valence-electron chi connectivity index (χ3n) is 3.23. The predicted molar refractivity (Wildman–Crippen MR) is 112 cm³/mol. The number of hydrogen-bond donors (Lipinski definition) is 2. The molecule has 0 saturated carbocycles. The fourth-order valence-corrected chi connectivity index (χ4v) is 2.92. The van der Waals surface area contributed by atoms with E-state index in [2.05, 4.69) is 37.9 Å². The minimum atomic E-state index is -0.525. The van der Waals surface area contributed by atoms with Crippen LogP contribution in [0.25, 0.3) is 0 Å². The number of amidine groups is 2. The number of hydrogen-bond acceptors (Lipinski definition) is 6. The van der Waals surface area contributed by atoms with Crippen molar-refractivity contribution in [3.63, 3.8) is 0 Å². The van der Waals surface area contributed by atoms with Crippen molar-refractivity contribution in [2.24, 2.45) is 15.7 Å². The molecule has 0 fully saturated rings. The van der Waals surface area contributed by atoms with Gasteiger partial charge >= 0.3 is 5.97 Å². The topological polar surface area (TPSA) is 89.1 Å². The molecule has 0 aromatic heterocycles. The van der Waals surface area contributed by atoms with Gasteiger partial charge in [0.25, 0.3) is 0 Å². The number of nitrogens with one attached hydrogen (secondary N) is 1. The molecular formula is C17H19IN4O2S. The number of thioether (sulfide) groups is 1. The highest BCUT2D eigenvalue weighted by Gasteiger charge is 2.25. The summed E-state index contributed by atoms with van der Waals surface area (Å²) in [6.45, 7) is 3.99. The Labute approximate surface area is 164 Å². The van der Waals surface area contributed by atoms with Gasteiger partial charge in [-0.25, -0.2) is 14.8 Å². The Balaban J connectivity index is 2.51. The number of allylic oxidation sites excluding steroid dienone is 1. The van der Waals surface area contributed by atoms with Crippen molar-refractivity contribution in [3.05, 3.63) is 50.9 Å². The lowest BCUT2D eigenvalue weighted by molar-refractivity contribution is -0.137. The van der Waals surface area contributed by atoms with E-state index in [0.717, 1.165) is 9.14 Å². The van der Waals surface area contributed by atoms with E-state index in [0.29, 0.717) is 16.6 Å². The summed E-state index contributed by atoms with van der Waals surface area (Å²) in [5.74, 6) is -0.432. The summed E-state index contributed by atoms with van der Waals surface area (Å²) >= 11 is 3.53. The van der Waals surface area contributed by atoms with Gasteiger partial charge in [0.2, 0.25) is 0 Å². The first-order valence-electron chi connectivity index (χ1n) is 7.53. The van der Waals surface area contributed by atoms with E-state index in [-0.39, 0.29) is 18.0 Å². The third-order valence-corrected chi connectivity index (χ3v) is 4.64. The summed E-state index contributed by atoms with van der Waals surface area (Å²) in [5.41, 5.74) is 8.70. The average Bonchev–Trinajstić information content (AvgIpc) is 2.59. The molecular weight excluding hydrogens is 451 g/mol. The molecule has 2 rings (SSSR count). The molecule has 6 nitrogen and oxygen atoms in total. The minimum Gasteiger partial charge on any atom is -0.462 e. The van der Waals surface area contributed by atoms with E-state index in [1.165, 1.54) is 11.8 Å². The van der Waals surface area contributed by atoms with Gasteiger partial charge in [0.15, 0.2) is 5.17 Å². The monoisotopic (exact) mass is 470 g/mol. The number of nitrogens with zero attached hydrogens (tertiary/aromatic N) is 2. The Morgan fingerprint density at radius 3 is 2.68 bits per heavy atom. The zero-order valence-corrected chi connectivity index (χ0v) is 17.1. The summed E-state index contributed by atoms with van der Waals surface area (Å²) in [6, 6.07) is 7.56. The van der Waals surface area contributed by atoms with Gasteiger partial charge in [-0.1, -0.05) is 29.5 Å². The lowest BCUT2D eigenvalue weighted by Gasteiger charge is -2.18. The van der Waals surface area contributed by atoms with Crippen molar-refractivity contribution < 1.29 is 9.53 Å². The second kappa shape index (κ2) is 9.04. The molecule has 0 unspecified atom stereocenters. The summed E-state index contributed by atoms with van der Waals surface area (Å²) in [7, 11) is 0. The van der Waals surface area contributed by atoms with Gasteiger partial charge in [-0.15, -0.1) is 0 Å². The van der Waals surface area contributed by atoms with Gasteiger partial charge in [-0.05, 0) is 54.8 Å². The van der Waals surface area contributed by atoms with Crippen LogP contribution in [0, 0.1) is 6.92 Å². The Morgan fingerprint density at radius 2 is 2.08 bits per heavy atom. The molecule has 0 saturated heterocycles. The van der Waals surface area contributed by atoms with Crippen LogP contribution in [0.15, 0.2) is 55.3 Å². The number of carbonyl (C=O) groups excluding carboxylic acids is 1. The molecule has 1 aliphatic heterocycles. The number of aryl methyl sites for hydroxylation is 1. The highest BCUT2D eigenvalue weighted by atomic mass is 127. The van der Waals surface area contributed by atoms with Crippen LogP contribution in [0.1, 0.15) is 12.5 Å². The zero-order valence-electron chi connectivity index (χ0n) is 14.2. The molecule has 25 heavy (non-hydrogen) atoms. The number of rotatable bonds is 4. The van der Waals surface area contributed by atoms with Crippen LogP contribution in [0.4, 0.5) is 5.69 Å². The predicted octanol–water partition coefficient (Wildman–Crippen LogP) is 3.40.